The molecular weight excluding hydrogens is 195 g/mol. The van der Waals surface area contributed by atoms with Crippen molar-refractivity contribution in [2.24, 2.45) is 0 Å². The van der Waals surface area contributed by atoms with Gasteiger partial charge >= 0.3 is 5.97 Å². The Morgan fingerprint density at radius 2 is 2.21 bits per heavy atom. The molecule has 68 valence electrons. The van der Waals surface area contributed by atoms with E-state index < -0.39 is 0 Å². The van der Waals surface area contributed by atoms with E-state index in [1.807, 2.05) is 18.2 Å². The van der Waals surface area contributed by atoms with Crippen LogP contribution in [0.15, 0.2) is 24.3 Å². The number of ether oxygens (including phenoxy) is 1. The molecule has 2 radical (unpaired) electrons. The number of carbonyl (C=O) groups is 1. The summed E-state index contributed by atoms with van der Waals surface area (Å²) in [6.45, 7) is 0. The third kappa shape index (κ3) is 1.53. The molecule has 0 bridgehead atoms. The summed E-state index contributed by atoms with van der Waals surface area (Å²) < 4.78 is 5.68. The number of fused-ring (bicyclic) bond motifs is 1. The molecule has 2 nitrogen and oxygen atoms in total. The van der Waals surface area contributed by atoms with Gasteiger partial charge in [-0.2, -0.15) is 0 Å². The number of hydrogen-bond acceptors (Lipinski definition) is 3. The highest BCUT2D eigenvalue weighted by Gasteiger charge is 2.09. The summed E-state index contributed by atoms with van der Waals surface area (Å²) in [7, 11) is 7.01. The zero-order valence-corrected chi connectivity index (χ0v) is 8.43. The molecule has 0 saturated heterocycles. The molecule has 0 N–H and O–H groups in total. The van der Waals surface area contributed by atoms with E-state index >= 15 is 0 Å². The van der Waals surface area contributed by atoms with Crippen molar-refractivity contribution in [2.45, 2.75) is 0 Å². The molecule has 1 heterocycles. The number of esters is 1. The van der Waals surface area contributed by atoms with Gasteiger partial charge in [-0.05, 0) is 17.5 Å². The summed E-state index contributed by atoms with van der Waals surface area (Å²) in [6, 6.07) is 7.36. The van der Waals surface area contributed by atoms with Gasteiger partial charge in [0.25, 0.3) is 0 Å². The highest BCUT2D eigenvalue weighted by Crippen LogP contribution is 2.24. The highest BCUT2D eigenvalue weighted by molar-refractivity contribution is 7.20. The van der Waals surface area contributed by atoms with Gasteiger partial charge in [-0.15, -0.1) is 11.3 Å². The predicted octanol–water partition coefficient (Wildman–Crippen LogP) is 1.48. The summed E-state index contributed by atoms with van der Waals surface area (Å²) in [5, 5.41) is 0.982. The van der Waals surface area contributed by atoms with Gasteiger partial charge in [0.1, 0.15) is 12.7 Å². The number of methoxy groups -OCH3 is 1. The zero-order chi connectivity index (χ0) is 10.1. The van der Waals surface area contributed by atoms with E-state index in [1.54, 1.807) is 6.07 Å². The lowest BCUT2D eigenvalue weighted by Crippen LogP contribution is -1.98. The van der Waals surface area contributed by atoms with Crippen LogP contribution in [-0.4, -0.2) is 20.9 Å². The van der Waals surface area contributed by atoms with Crippen molar-refractivity contribution in [3.05, 3.63) is 29.1 Å². The fourth-order valence-corrected chi connectivity index (χ4v) is 2.22. The molecule has 0 amide bonds. The zero-order valence-electron chi connectivity index (χ0n) is 7.61. The van der Waals surface area contributed by atoms with Crippen LogP contribution in [0.25, 0.3) is 10.1 Å². The molecule has 2 rings (SSSR count). The van der Waals surface area contributed by atoms with Crippen LogP contribution >= 0.6 is 11.3 Å². The molecule has 0 spiro atoms. The summed E-state index contributed by atoms with van der Waals surface area (Å²) in [6.07, 6.45) is 0. The molecule has 0 aliphatic heterocycles. The average molecular weight is 202 g/mol. The van der Waals surface area contributed by atoms with Crippen LogP contribution in [0, 0.1) is 0 Å². The lowest BCUT2D eigenvalue weighted by molar-refractivity contribution is 0.0606. The Morgan fingerprint density at radius 3 is 2.93 bits per heavy atom. The molecule has 0 fully saturated rings. The molecule has 1 aromatic carbocycles. The number of carbonyl (C=O) groups excluding carboxylic acids is 1. The standard InChI is InChI=1S/C10H7BO2S/c1-13-10(12)9-5-6-4-7(11)2-3-8(6)14-9/h2-5H,1H3. The van der Waals surface area contributed by atoms with Crippen LogP contribution in [0.1, 0.15) is 9.67 Å². The van der Waals surface area contributed by atoms with Gasteiger partial charge in [0.15, 0.2) is 0 Å². The summed E-state index contributed by atoms with van der Waals surface area (Å²) >= 11 is 1.41. The number of benzene rings is 1. The molecule has 14 heavy (non-hydrogen) atoms. The van der Waals surface area contributed by atoms with Crippen LogP contribution < -0.4 is 5.46 Å². The predicted molar refractivity (Wildman–Crippen MR) is 58.6 cm³/mol. The van der Waals surface area contributed by atoms with Gasteiger partial charge in [-0.1, -0.05) is 17.6 Å². The first-order chi connectivity index (χ1) is 6.70. The van der Waals surface area contributed by atoms with Crippen LogP contribution in [0.3, 0.4) is 0 Å². The average Bonchev–Trinajstić information content (AvgIpc) is 2.59. The molecule has 0 saturated carbocycles. The van der Waals surface area contributed by atoms with Gasteiger partial charge < -0.3 is 4.74 Å². The first-order valence-corrected chi connectivity index (χ1v) is 4.90. The number of thiophene rings is 1. The van der Waals surface area contributed by atoms with E-state index in [0.717, 1.165) is 10.1 Å². The van der Waals surface area contributed by atoms with Crippen molar-refractivity contribution in [2.75, 3.05) is 7.11 Å². The van der Waals surface area contributed by atoms with Gasteiger partial charge in [-0.25, -0.2) is 4.79 Å². The van der Waals surface area contributed by atoms with Crippen LogP contribution in [0.2, 0.25) is 0 Å². The summed E-state index contributed by atoms with van der Waals surface area (Å²) in [5.74, 6) is -0.301. The number of hydrogen-bond donors (Lipinski definition) is 0. The first-order valence-electron chi connectivity index (χ1n) is 4.08. The van der Waals surface area contributed by atoms with Crippen LogP contribution in [-0.2, 0) is 4.74 Å². The van der Waals surface area contributed by atoms with E-state index in [0.29, 0.717) is 10.3 Å². The normalized spacial score (nSPS) is 10.4. The number of rotatable bonds is 1. The maximum Gasteiger partial charge on any atom is 0.348 e. The molecular formula is C10H7BO2S. The van der Waals surface area contributed by atoms with E-state index in [1.165, 1.54) is 18.4 Å². The lowest BCUT2D eigenvalue weighted by Gasteiger charge is -1.90. The SMILES string of the molecule is [B]c1ccc2sc(C(=O)OC)cc2c1. The fraction of sp³-hybridized carbons (Fsp3) is 0.100. The molecule has 1 aromatic heterocycles. The van der Waals surface area contributed by atoms with Crippen molar-refractivity contribution < 1.29 is 9.53 Å². The maximum absolute atomic E-state index is 11.2. The van der Waals surface area contributed by atoms with Gasteiger partial charge in [-0.3, -0.25) is 0 Å². The minimum Gasteiger partial charge on any atom is -0.465 e. The Bertz CT molecular complexity index is 490. The molecule has 0 aliphatic rings. The monoisotopic (exact) mass is 202 g/mol. The minimum atomic E-state index is -0.301. The van der Waals surface area contributed by atoms with Crippen molar-refractivity contribution in [3.63, 3.8) is 0 Å². The fourth-order valence-electron chi connectivity index (χ4n) is 1.26. The Morgan fingerprint density at radius 1 is 1.43 bits per heavy atom. The van der Waals surface area contributed by atoms with Gasteiger partial charge in [0.2, 0.25) is 0 Å². The van der Waals surface area contributed by atoms with Crippen LogP contribution in [0.5, 0.6) is 0 Å². The highest BCUT2D eigenvalue weighted by atomic mass is 32.1. The first kappa shape index (κ1) is 9.28. The second kappa shape index (κ2) is 3.46. The van der Waals surface area contributed by atoms with Crippen molar-refractivity contribution >= 4 is 40.7 Å². The molecule has 0 unspecified atom stereocenters. The molecule has 0 atom stereocenters. The summed E-state index contributed by atoms with van der Waals surface area (Å²) in [5.41, 5.74) is 0.701. The van der Waals surface area contributed by atoms with E-state index in [4.69, 9.17) is 7.85 Å². The molecule has 4 heteroatoms. The van der Waals surface area contributed by atoms with E-state index in [-0.39, 0.29) is 5.97 Å². The quantitative estimate of drug-likeness (QED) is 0.517. The van der Waals surface area contributed by atoms with Crippen molar-refractivity contribution in [1.82, 2.24) is 0 Å². The minimum absolute atomic E-state index is 0.301. The van der Waals surface area contributed by atoms with Crippen molar-refractivity contribution in [3.8, 4) is 0 Å². The Labute approximate surface area is 86.9 Å². The smallest absolute Gasteiger partial charge is 0.348 e. The van der Waals surface area contributed by atoms with E-state index in [2.05, 4.69) is 4.74 Å². The topological polar surface area (TPSA) is 26.3 Å². The van der Waals surface area contributed by atoms with Gasteiger partial charge in [0, 0.05) is 4.70 Å². The van der Waals surface area contributed by atoms with Crippen molar-refractivity contribution in [1.29, 1.82) is 0 Å². The summed E-state index contributed by atoms with van der Waals surface area (Å²) in [4.78, 5) is 11.8. The molecule has 0 aliphatic carbocycles. The largest absolute Gasteiger partial charge is 0.465 e. The third-order valence-electron chi connectivity index (χ3n) is 1.93. The molecule has 2 aromatic rings. The Kier molecular flexibility index (Phi) is 2.29. The lowest BCUT2D eigenvalue weighted by atomic mass is 9.95. The maximum atomic E-state index is 11.2. The second-order valence-electron chi connectivity index (χ2n) is 2.90. The third-order valence-corrected chi connectivity index (χ3v) is 3.02. The van der Waals surface area contributed by atoms with Gasteiger partial charge in [0.05, 0.1) is 7.11 Å². The Balaban J connectivity index is 2.56. The second-order valence-corrected chi connectivity index (χ2v) is 3.98. The Hall–Kier alpha value is -1.29. The van der Waals surface area contributed by atoms with E-state index in [9.17, 15) is 4.79 Å². The van der Waals surface area contributed by atoms with Crippen LogP contribution in [0.4, 0.5) is 0 Å².